The molecule has 2 fully saturated rings. The Bertz CT molecular complexity index is 223. The van der Waals surface area contributed by atoms with Gasteiger partial charge in [0.25, 0.3) is 0 Å². The number of likely N-dealkylation sites (tertiary alicyclic amines) is 1. The van der Waals surface area contributed by atoms with Crippen LogP contribution in [-0.4, -0.2) is 37.1 Å². The van der Waals surface area contributed by atoms with Crippen LogP contribution >= 0.6 is 0 Å². The highest BCUT2D eigenvalue weighted by molar-refractivity contribution is 4.86. The van der Waals surface area contributed by atoms with Crippen LogP contribution in [0.3, 0.4) is 0 Å². The lowest BCUT2D eigenvalue weighted by Crippen LogP contribution is -2.46. The van der Waals surface area contributed by atoms with Gasteiger partial charge in [0, 0.05) is 12.6 Å². The molecule has 3 unspecified atom stereocenters. The number of hydrogen-bond donors (Lipinski definition) is 1. The van der Waals surface area contributed by atoms with Crippen molar-refractivity contribution in [2.75, 3.05) is 26.2 Å². The number of rotatable bonds is 5. The minimum Gasteiger partial charge on any atom is -0.314 e. The molecule has 0 radical (unpaired) electrons. The molecule has 2 aliphatic rings. The molecule has 1 heterocycles. The van der Waals surface area contributed by atoms with E-state index >= 15 is 0 Å². The van der Waals surface area contributed by atoms with Gasteiger partial charge in [-0.2, -0.15) is 0 Å². The molecule has 106 valence electrons. The van der Waals surface area contributed by atoms with Gasteiger partial charge < -0.3 is 10.2 Å². The van der Waals surface area contributed by atoms with E-state index in [4.69, 9.17) is 0 Å². The van der Waals surface area contributed by atoms with Crippen LogP contribution in [0.5, 0.6) is 0 Å². The number of hydrogen-bond acceptors (Lipinski definition) is 2. The molecule has 1 saturated heterocycles. The highest BCUT2D eigenvalue weighted by Crippen LogP contribution is 2.32. The van der Waals surface area contributed by atoms with Gasteiger partial charge in [0.1, 0.15) is 0 Å². The summed E-state index contributed by atoms with van der Waals surface area (Å²) in [4.78, 5) is 2.73. The van der Waals surface area contributed by atoms with Crippen molar-refractivity contribution in [1.29, 1.82) is 0 Å². The molecule has 1 saturated carbocycles. The lowest BCUT2D eigenvalue weighted by atomic mass is 9.76. The summed E-state index contributed by atoms with van der Waals surface area (Å²) in [6, 6.07) is 0.791. The first-order valence-corrected chi connectivity index (χ1v) is 8.29. The Morgan fingerprint density at radius 1 is 1.06 bits per heavy atom. The summed E-state index contributed by atoms with van der Waals surface area (Å²) < 4.78 is 0. The Labute approximate surface area is 114 Å². The quantitative estimate of drug-likeness (QED) is 0.808. The predicted octanol–water partition coefficient (Wildman–Crippen LogP) is 3.28. The van der Waals surface area contributed by atoms with E-state index in [-0.39, 0.29) is 0 Å². The summed E-state index contributed by atoms with van der Waals surface area (Å²) in [6.07, 6.45) is 10.0. The zero-order valence-electron chi connectivity index (χ0n) is 12.5. The molecule has 1 N–H and O–H groups in total. The highest BCUT2D eigenvalue weighted by Gasteiger charge is 2.30. The second-order valence-electron chi connectivity index (χ2n) is 6.37. The van der Waals surface area contributed by atoms with Crippen LogP contribution in [0.2, 0.25) is 0 Å². The number of piperidine rings is 1. The molecule has 0 aromatic rings. The lowest BCUT2D eigenvalue weighted by molar-refractivity contribution is 0.125. The summed E-state index contributed by atoms with van der Waals surface area (Å²) in [5.74, 6) is 1.90. The number of nitrogens with zero attached hydrogens (tertiary/aromatic N) is 1. The Hall–Kier alpha value is -0.0800. The van der Waals surface area contributed by atoms with E-state index in [2.05, 4.69) is 24.1 Å². The van der Waals surface area contributed by atoms with Gasteiger partial charge in [-0.05, 0) is 63.6 Å². The molecule has 3 atom stereocenters. The fraction of sp³-hybridized carbons (Fsp3) is 1.00. The third-order valence-corrected chi connectivity index (χ3v) is 5.08. The molecule has 18 heavy (non-hydrogen) atoms. The smallest absolute Gasteiger partial charge is 0.0108 e. The third-order valence-electron chi connectivity index (χ3n) is 5.08. The Morgan fingerprint density at radius 3 is 2.50 bits per heavy atom. The minimum absolute atomic E-state index is 0.791. The molecule has 0 spiro atoms. The van der Waals surface area contributed by atoms with Crippen LogP contribution in [0.25, 0.3) is 0 Å². The van der Waals surface area contributed by atoms with Gasteiger partial charge in [-0.25, -0.2) is 0 Å². The first kappa shape index (κ1) is 14.3. The molecule has 0 aromatic carbocycles. The van der Waals surface area contributed by atoms with E-state index in [1.807, 2.05) is 0 Å². The summed E-state index contributed by atoms with van der Waals surface area (Å²) in [5.41, 5.74) is 0. The van der Waals surface area contributed by atoms with Crippen LogP contribution in [0.1, 0.15) is 58.8 Å². The van der Waals surface area contributed by atoms with Crippen molar-refractivity contribution < 1.29 is 0 Å². The van der Waals surface area contributed by atoms with Crippen molar-refractivity contribution in [3.05, 3.63) is 0 Å². The van der Waals surface area contributed by atoms with Crippen molar-refractivity contribution in [2.24, 2.45) is 11.8 Å². The van der Waals surface area contributed by atoms with Crippen LogP contribution in [-0.2, 0) is 0 Å². The standard InChI is InChI=1S/C16H32N2/c1-3-14-8-9-16(17-4-2)15(12-14)13-18-10-6-5-7-11-18/h14-17H,3-13H2,1-2H3. The van der Waals surface area contributed by atoms with Crippen molar-refractivity contribution in [3.63, 3.8) is 0 Å². The van der Waals surface area contributed by atoms with Gasteiger partial charge in [0.05, 0.1) is 0 Å². The molecule has 2 rings (SSSR count). The second kappa shape index (κ2) is 7.49. The van der Waals surface area contributed by atoms with Gasteiger partial charge >= 0.3 is 0 Å². The van der Waals surface area contributed by atoms with Crippen LogP contribution in [0.15, 0.2) is 0 Å². The van der Waals surface area contributed by atoms with Crippen molar-refractivity contribution >= 4 is 0 Å². The maximum atomic E-state index is 3.74. The zero-order chi connectivity index (χ0) is 12.8. The van der Waals surface area contributed by atoms with Gasteiger partial charge in [0.15, 0.2) is 0 Å². The van der Waals surface area contributed by atoms with E-state index in [1.54, 1.807) is 0 Å². The fourth-order valence-electron chi connectivity index (χ4n) is 3.94. The molecule has 1 aliphatic heterocycles. The van der Waals surface area contributed by atoms with Crippen LogP contribution in [0, 0.1) is 11.8 Å². The zero-order valence-corrected chi connectivity index (χ0v) is 12.5. The topological polar surface area (TPSA) is 15.3 Å². The highest BCUT2D eigenvalue weighted by atomic mass is 15.1. The van der Waals surface area contributed by atoms with E-state index in [0.717, 1.165) is 24.4 Å². The average Bonchev–Trinajstić information content (AvgIpc) is 2.42. The normalized spacial score (nSPS) is 34.7. The maximum absolute atomic E-state index is 3.74. The monoisotopic (exact) mass is 252 g/mol. The molecule has 1 aliphatic carbocycles. The van der Waals surface area contributed by atoms with E-state index in [1.165, 1.54) is 64.6 Å². The molecule has 0 aromatic heterocycles. The Balaban J connectivity index is 1.86. The van der Waals surface area contributed by atoms with Crippen LogP contribution < -0.4 is 5.32 Å². The molecule has 2 heteroatoms. The lowest BCUT2D eigenvalue weighted by Gasteiger charge is -2.40. The van der Waals surface area contributed by atoms with Crippen molar-refractivity contribution in [2.45, 2.75) is 64.8 Å². The SMILES string of the molecule is CCNC1CCC(CC)CC1CN1CCCCC1. The largest absolute Gasteiger partial charge is 0.314 e. The van der Waals surface area contributed by atoms with Gasteiger partial charge in [0.2, 0.25) is 0 Å². The predicted molar refractivity (Wildman–Crippen MR) is 78.9 cm³/mol. The molecule has 2 nitrogen and oxygen atoms in total. The van der Waals surface area contributed by atoms with Gasteiger partial charge in [-0.3, -0.25) is 0 Å². The summed E-state index contributed by atoms with van der Waals surface area (Å²) in [6.45, 7) is 9.82. The van der Waals surface area contributed by atoms with Gasteiger partial charge in [-0.15, -0.1) is 0 Å². The van der Waals surface area contributed by atoms with Crippen molar-refractivity contribution in [1.82, 2.24) is 10.2 Å². The first-order valence-electron chi connectivity index (χ1n) is 8.29. The fourth-order valence-corrected chi connectivity index (χ4v) is 3.94. The Morgan fingerprint density at radius 2 is 1.83 bits per heavy atom. The van der Waals surface area contributed by atoms with Gasteiger partial charge in [-0.1, -0.05) is 26.7 Å². The molecular weight excluding hydrogens is 220 g/mol. The number of nitrogens with one attached hydrogen (secondary N) is 1. The second-order valence-corrected chi connectivity index (χ2v) is 6.37. The maximum Gasteiger partial charge on any atom is 0.0108 e. The van der Waals surface area contributed by atoms with E-state index < -0.39 is 0 Å². The first-order chi connectivity index (χ1) is 8.83. The molecule has 0 bridgehead atoms. The molecule has 0 amide bonds. The van der Waals surface area contributed by atoms with Crippen LogP contribution in [0.4, 0.5) is 0 Å². The third kappa shape index (κ3) is 3.96. The van der Waals surface area contributed by atoms with E-state index in [0.29, 0.717) is 0 Å². The van der Waals surface area contributed by atoms with Crippen molar-refractivity contribution in [3.8, 4) is 0 Å². The van der Waals surface area contributed by atoms with E-state index in [9.17, 15) is 0 Å². The molecular formula is C16H32N2. The minimum atomic E-state index is 0.791. The summed E-state index contributed by atoms with van der Waals surface area (Å²) >= 11 is 0. The summed E-state index contributed by atoms with van der Waals surface area (Å²) in [5, 5.41) is 3.74. The average molecular weight is 252 g/mol. The summed E-state index contributed by atoms with van der Waals surface area (Å²) in [7, 11) is 0. The Kier molecular flexibility index (Phi) is 5.97.